The van der Waals surface area contributed by atoms with Gasteiger partial charge in [0, 0.05) is 26.2 Å². The van der Waals surface area contributed by atoms with E-state index in [1.165, 1.54) is 16.4 Å². The lowest BCUT2D eigenvalue weighted by atomic mass is 10.3. The lowest BCUT2D eigenvalue weighted by Gasteiger charge is -2.33. The summed E-state index contributed by atoms with van der Waals surface area (Å²) in [5.74, 6) is -0.279. The first-order chi connectivity index (χ1) is 11.9. The number of benzene rings is 1. The molecule has 1 aromatic carbocycles. The lowest BCUT2D eigenvalue weighted by molar-refractivity contribution is -0.145. The van der Waals surface area contributed by atoms with Crippen LogP contribution in [0.15, 0.2) is 23.1 Å². The topological polar surface area (TPSA) is 66.9 Å². The van der Waals surface area contributed by atoms with Crippen molar-refractivity contribution in [1.29, 1.82) is 0 Å². The molecule has 1 heterocycles. The molecule has 6 nitrogen and oxygen atoms in total. The van der Waals surface area contributed by atoms with Gasteiger partial charge in [-0.2, -0.15) is 4.31 Å². The van der Waals surface area contributed by atoms with Gasteiger partial charge in [-0.05, 0) is 18.6 Å². The molecule has 0 radical (unpaired) electrons. The average Bonchev–Trinajstić information content (AvgIpc) is 2.55. The van der Waals surface area contributed by atoms with Gasteiger partial charge in [0.15, 0.2) is 0 Å². The van der Waals surface area contributed by atoms with Gasteiger partial charge in [0.25, 0.3) is 0 Å². The van der Waals surface area contributed by atoms with Crippen LogP contribution in [0.25, 0.3) is 0 Å². The number of sulfonamides is 1. The molecule has 25 heavy (non-hydrogen) atoms. The summed E-state index contributed by atoms with van der Waals surface area (Å²) in [6, 6.07) is 4.61. The van der Waals surface area contributed by atoms with Crippen LogP contribution in [0.2, 0.25) is 10.0 Å². The van der Waals surface area contributed by atoms with Crippen molar-refractivity contribution in [2.24, 2.45) is 0 Å². The van der Waals surface area contributed by atoms with Gasteiger partial charge >= 0.3 is 5.97 Å². The van der Waals surface area contributed by atoms with Crippen molar-refractivity contribution in [2.45, 2.75) is 24.7 Å². The van der Waals surface area contributed by atoms with Gasteiger partial charge in [0.2, 0.25) is 10.0 Å². The van der Waals surface area contributed by atoms with E-state index in [2.05, 4.69) is 0 Å². The number of esters is 1. The van der Waals surface area contributed by atoms with Crippen molar-refractivity contribution in [2.75, 3.05) is 39.3 Å². The van der Waals surface area contributed by atoms with Gasteiger partial charge < -0.3 is 4.74 Å². The molecule has 1 aliphatic heterocycles. The summed E-state index contributed by atoms with van der Waals surface area (Å²) in [7, 11) is -3.77. The second-order valence-electron chi connectivity index (χ2n) is 5.81. The van der Waals surface area contributed by atoms with Crippen LogP contribution in [0.3, 0.4) is 0 Å². The van der Waals surface area contributed by atoms with E-state index in [1.54, 1.807) is 6.07 Å². The summed E-state index contributed by atoms with van der Waals surface area (Å²) in [4.78, 5) is 13.6. The first kappa shape index (κ1) is 20.5. The van der Waals surface area contributed by atoms with Crippen molar-refractivity contribution in [1.82, 2.24) is 9.21 Å². The summed E-state index contributed by atoms with van der Waals surface area (Å²) < 4.78 is 32.0. The summed E-state index contributed by atoms with van der Waals surface area (Å²) in [6.45, 7) is 4.06. The van der Waals surface area contributed by atoms with E-state index < -0.39 is 10.0 Å². The zero-order valence-corrected chi connectivity index (χ0v) is 16.4. The minimum Gasteiger partial charge on any atom is -0.465 e. The minimum atomic E-state index is -3.77. The van der Waals surface area contributed by atoms with Crippen molar-refractivity contribution in [3.05, 3.63) is 28.2 Å². The Bertz CT molecular complexity index is 684. The number of hydrogen-bond donors (Lipinski definition) is 0. The molecule has 0 N–H and O–H groups in total. The number of unbranched alkanes of at least 4 members (excludes halogenated alkanes) is 1. The van der Waals surface area contributed by atoms with Crippen LogP contribution in [0, 0.1) is 0 Å². The predicted molar refractivity (Wildman–Crippen MR) is 97.5 cm³/mol. The molecule has 0 unspecified atom stereocenters. The van der Waals surface area contributed by atoms with Crippen molar-refractivity contribution < 1.29 is 17.9 Å². The molecule has 140 valence electrons. The first-order valence-corrected chi connectivity index (χ1v) is 10.4. The Hall–Kier alpha value is -0.860. The van der Waals surface area contributed by atoms with Crippen LogP contribution < -0.4 is 0 Å². The maximum absolute atomic E-state index is 12.8. The van der Waals surface area contributed by atoms with Gasteiger partial charge in [-0.3, -0.25) is 9.69 Å². The number of halogens is 2. The fourth-order valence-corrected chi connectivity index (χ4v) is 5.06. The van der Waals surface area contributed by atoms with E-state index in [4.69, 9.17) is 27.9 Å². The van der Waals surface area contributed by atoms with Crippen LogP contribution in [0.5, 0.6) is 0 Å². The number of rotatable bonds is 7. The fraction of sp³-hybridized carbons (Fsp3) is 0.562. The van der Waals surface area contributed by atoms with E-state index >= 15 is 0 Å². The summed E-state index contributed by atoms with van der Waals surface area (Å²) in [5.41, 5.74) is 0. The maximum Gasteiger partial charge on any atom is 0.320 e. The van der Waals surface area contributed by atoms with Crippen molar-refractivity contribution in [3.63, 3.8) is 0 Å². The molecule has 0 aliphatic carbocycles. The average molecular weight is 409 g/mol. The SMILES string of the molecule is CCCCOC(=O)CN1CCN(S(=O)(=O)c2c(Cl)cccc2Cl)CC1. The standard InChI is InChI=1S/C16H22Cl2N2O4S/c1-2-3-11-24-15(21)12-19-7-9-20(10-8-19)25(22,23)16-13(17)5-4-6-14(16)18/h4-6H,2-3,7-12H2,1H3. The molecular formula is C16H22Cl2N2O4S. The molecule has 1 aliphatic rings. The lowest BCUT2D eigenvalue weighted by Crippen LogP contribution is -2.50. The highest BCUT2D eigenvalue weighted by atomic mass is 35.5. The Morgan fingerprint density at radius 1 is 1.16 bits per heavy atom. The van der Waals surface area contributed by atoms with Crippen molar-refractivity contribution >= 4 is 39.2 Å². The van der Waals surface area contributed by atoms with Crippen molar-refractivity contribution in [3.8, 4) is 0 Å². The van der Waals surface area contributed by atoms with Gasteiger partial charge in [0.05, 0.1) is 23.2 Å². The van der Waals surface area contributed by atoms with Gasteiger partial charge in [-0.15, -0.1) is 0 Å². The molecule has 1 fully saturated rings. The number of nitrogens with zero attached hydrogens (tertiary/aromatic N) is 2. The number of piperazine rings is 1. The molecule has 0 aromatic heterocycles. The quantitative estimate of drug-likeness (QED) is 0.512. The normalized spacial score (nSPS) is 16.8. The fourth-order valence-electron chi connectivity index (χ4n) is 2.54. The summed E-state index contributed by atoms with van der Waals surface area (Å²) in [5, 5.41) is 0.212. The van der Waals surface area contributed by atoms with E-state index in [0.29, 0.717) is 19.7 Å². The predicted octanol–water partition coefficient (Wildman–Crippen LogP) is 2.64. The number of carbonyl (C=O) groups excluding carboxylic acids is 1. The third kappa shape index (κ3) is 5.31. The highest BCUT2D eigenvalue weighted by Crippen LogP contribution is 2.31. The largest absolute Gasteiger partial charge is 0.465 e. The number of ether oxygens (including phenoxy) is 1. The Balaban J connectivity index is 1.94. The zero-order valence-electron chi connectivity index (χ0n) is 14.1. The second kappa shape index (κ2) is 9.19. The van der Waals surface area contributed by atoms with E-state index in [9.17, 15) is 13.2 Å². The Kier molecular flexibility index (Phi) is 7.51. The minimum absolute atomic E-state index is 0.0641. The van der Waals surface area contributed by atoms with Crippen LogP contribution in [0.4, 0.5) is 0 Å². The van der Waals surface area contributed by atoms with E-state index in [0.717, 1.165) is 12.8 Å². The molecule has 0 atom stereocenters. The first-order valence-electron chi connectivity index (χ1n) is 8.18. The third-order valence-corrected chi connectivity index (χ3v) is 6.82. The molecule has 2 rings (SSSR count). The van der Waals surface area contributed by atoms with Crippen LogP contribution >= 0.6 is 23.2 Å². The van der Waals surface area contributed by atoms with E-state index in [1.807, 2.05) is 11.8 Å². The highest BCUT2D eigenvalue weighted by molar-refractivity contribution is 7.89. The number of hydrogen-bond acceptors (Lipinski definition) is 5. The van der Waals surface area contributed by atoms with Gasteiger partial charge in [-0.1, -0.05) is 42.6 Å². The Morgan fingerprint density at radius 2 is 1.76 bits per heavy atom. The molecular weight excluding hydrogens is 387 g/mol. The Morgan fingerprint density at radius 3 is 2.32 bits per heavy atom. The monoisotopic (exact) mass is 408 g/mol. The molecule has 0 amide bonds. The smallest absolute Gasteiger partial charge is 0.320 e. The third-order valence-electron chi connectivity index (χ3n) is 3.96. The Labute approximate surface area is 158 Å². The van der Waals surface area contributed by atoms with Gasteiger partial charge in [-0.25, -0.2) is 8.42 Å². The van der Waals surface area contributed by atoms with Crippen LogP contribution in [0.1, 0.15) is 19.8 Å². The molecule has 0 bridgehead atoms. The molecule has 9 heteroatoms. The van der Waals surface area contributed by atoms with Gasteiger partial charge in [0.1, 0.15) is 4.90 Å². The summed E-state index contributed by atoms with van der Waals surface area (Å²) >= 11 is 12.1. The number of carbonyl (C=O) groups is 1. The molecule has 1 aromatic rings. The second-order valence-corrected chi connectivity index (χ2v) is 8.49. The van der Waals surface area contributed by atoms with E-state index in [-0.39, 0.29) is 40.5 Å². The van der Waals surface area contributed by atoms with Crippen LogP contribution in [-0.4, -0.2) is 62.9 Å². The molecule has 1 saturated heterocycles. The molecule has 0 saturated carbocycles. The maximum atomic E-state index is 12.8. The molecule has 0 spiro atoms. The zero-order chi connectivity index (χ0) is 18.4. The van der Waals surface area contributed by atoms with Crippen LogP contribution in [-0.2, 0) is 19.6 Å². The summed E-state index contributed by atoms with van der Waals surface area (Å²) in [6.07, 6.45) is 1.81. The highest BCUT2D eigenvalue weighted by Gasteiger charge is 2.32.